The molecule has 0 atom stereocenters. The summed E-state index contributed by atoms with van der Waals surface area (Å²) in [5.74, 6) is 2.68. The van der Waals surface area contributed by atoms with Crippen LogP contribution in [-0.2, 0) is 17.8 Å². The summed E-state index contributed by atoms with van der Waals surface area (Å²) in [6.45, 7) is 8.17. The van der Waals surface area contributed by atoms with Gasteiger partial charge in [-0.3, -0.25) is 9.69 Å². The van der Waals surface area contributed by atoms with Gasteiger partial charge in [-0.25, -0.2) is 4.98 Å². The van der Waals surface area contributed by atoms with Crippen molar-refractivity contribution < 1.29 is 9.53 Å². The Labute approximate surface area is 161 Å². The van der Waals surface area contributed by atoms with Crippen molar-refractivity contribution in [3.8, 4) is 5.75 Å². The lowest BCUT2D eigenvalue weighted by molar-refractivity contribution is -0.117. The van der Waals surface area contributed by atoms with Crippen LogP contribution in [0.4, 0.5) is 5.69 Å². The van der Waals surface area contributed by atoms with Crippen molar-refractivity contribution >= 4 is 11.6 Å². The number of ether oxygens (including phenoxy) is 1. The smallest absolute Gasteiger partial charge is 0.238 e. The maximum absolute atomic E-state index is 12.3. The lowest BCUT2D eigenvalue weighted by Gasteiger charge is -2.31. The number of likely N-dealkylation sites (tertiary alicyclic amines) is 1. The van der Waals surface area contributed by atoms with Crippen molar-refractivity contribution in [1.82, 2.24) is 14.5 Å². The molecule has 0 unspecified atom stereocenters. The first-order valence-electron chi connectivity index (χ1n) is 9.93. The average Bonchev–Trinajstić information content (AvgIpc) is 3.12. The first-order chi connectivity index (χ1) is 13.2. The van der Waals surface area contributed by atoms with Crippen LogP contribution >= 0.6 is 0 Å². The molecule has 27 heavy (non-hydrogen) atoms. The van der Waals surface area contributed by atoms with Gasteiger partial charge in [-0.2, -0.15) is 0 Å². The molecule has 146 valence electrons. The van der Waals surface area contributed by atoms with Crippen molar-refractivity contribution in [2.24, 2.45) is 5.92 Å². The number of aromatic nitrogens is 2. The quantitative estimate of drug-likeness (QED) is 0.775. The summed E-state index contributed by atoms with van der Waals surface area (Å²) in [6.07, 6.45) is 7.18. The molecule has 0 aliphatic carbocycles. The molecule has 1 aromatic carbocycles. The molecule has 6 nitrogen and oxygen atoms in total. The second-order valence-electron chi connectivity index (χ2n) is 7.07. The highest BCUT2D eigenvalue weighted by Gasteiger charge is 2.21. The van der Waals surface area contributed by atoms with Crippen LogP contribution in [0.5, 0.6) is 5.75 Å². The topological polar surface area (TPSA) is 59.4 Å². The van der Waals surface area contributed by atoms with E-state index in [0.29, 0.717) is 19.1 Å². The normalized spacial score (nSPS) is 15.6. The number of carbonyl (C=O) groups excluding carboxylic acids is 1. The molecule has 0 bridgehead atoms. The van der Waals surface area contributed by atoms with E-state index < -0.39 is 0 Å². The van der Waals surface area contributed by atoms with Gasteiger partial charge in [0.25, 0.3) is 0 Å². The van der Waals surface area contributed by atoms with E-state index in [1.807, 2.05) is 37.4 Å². The molecular formula is C21H30N4O2. The summed E-state index contributed by atoms with van der Waals surface area (Å²) >= 11 is 0. The van der Waals surface area contributed by atoms with E-state index >= 15 is 0 Å². The van der Waals surface area contributed by atoms with Crippen LogP contribution < -0.4 is 10.1 Å². The lowest BCUT2D eigenvalue weighted by atomic mass is 9.96. The van der Waals surface area contributed by atoms with Gasteiger partial charge < -0.3 is 14.6 Å². The zero-order valence-corrected chi connectivity index (χ0v) is 16.4. The van der Waals surface area contributed by atoms with E-state index in [9.17, 15) is 4.79 Å². The van der Waals surface area contributed by atoms with Gasteiger partial charge in [-0.05, 0) is 63.0 Å². The molecule has 1 fully saturated rings. The van der Waals surface area contributed by atoms with Gasteiger partial charge in [0, 0.05) is 31.0 Å². The van der Waals surface area contributed by atoms with Gasteiger partial charge >= 0.3 is 0 Å². The molecule has 2 aromatic rings. The van der Waals surface area contributed by atoms with Crippen molar-refractivity contribution in [3.05, 3.63) is 42.5 Å². The minimum Gasteiger partial charge on any atom is -0.494 e. The molecule has 1 aromatic heterocycles. The van der Waals surface area contributed by atoms with Crippen molar-refractivity contribution in [1.29, 1.82) is 0 Å². The lowest BCUT2D eigenvalue weighted by Crippen LogP contribution is -2.40. The van der Waals surface area contributed by atoms with Gasteiger partial charge in [0.05, 0.1) is 13.2 Å². The van der Waals surface area contributed by atoms with Crippen LogP contribution in [0.1, 0.15) is 32.5 Å². The Morgan fingerprint density at radius 1 is 1.22 bits per heavy atom. The summed E-state index contributed by atoms with van der Waals surface area (Å²) in [6, 6.07) is 7.52. The third kappa shape index (κ3) is 5.57. The Balaban J connectivity index is 1.41. The van der Waals surface area contributed by atoms with Gasteiger partial charge in [-0.1, -0.05) is 6.92 Å². The van der Waals surface area contributed by atoms with Crippen LogP contribution in [0.2, 0.25) is 0 Å². The highest BCUT2D eigenvalue weighted by atomic mass is 16.5. The van der Waals surface area contributed by atoms with E-state index in [2.05, 4.69) is 32.9 Å². The number of hydrogen-bond donors (Lipinski definition) is 1. The number of benzene rings is 1. The Kier molecular flexibility index (Phi) is 6.87. The number of aryl methyl sites for hydroxylation is 1. The minimum absolute atomic E-state index is 0.0421. The second-order valence-corrected chi connectivity index (χ2v) is 7.07. The number of hydrogen-bond acceptors (Lipinski definition) is 4. The number of imidazole rings is 1. The maximum atomic E-state index is 12.3. The molecule has 1 amide bonds. The molecule has 3 rings (SSSR count). The first kappa shape index (κ1) is 19.4. The van der Waals surface area contributed by atoms with Crippen LogP contribution in [0.15, 0.2) is 36.7 Å². The van der Waals surface area contributed by atoms with E-state index in [1.54, 1.807) is 0 Å². The number of nitrogens with one attached hydrogen (secondary N) is 1. The number of amides is 1. The van der Waals surface area contributed by atoms with Crippen molar-refractivity contribution in [2.45, 2.75) is 39.7 Å². The summed E-state index contributed by atoms with van der Waals surface area (Å²) in [5, 5.41) is 2.97. The number of nitrogens with zero attached hydrogens (tertiary/aromatic N) is 3. The summed E-state index contributed by atoms with van der Waals surface area (Å²) in [5.41, 5.74) is 0.811. The third-order valence-electron chi connectivity index (χ3n) is 5.10. The van der Waals surface area contributed by atoms with Gasteiger partial charge in [0.1, 0.15) is 11.6 Å². The Morgan fingerprint density at radius 3 is 2.63 bits per heavy atom. The fourth-order valence-electron chi connectivity index (χ4n) is 3.63. The van der Waals surface area contributed by atoms with Crippen LogP contribution in [0.25, 0.3) is 0 Å². The standard InChI is InChI=1S/C21H30N4O2/c1-3-20-22-11-14-25(20)15-17-9-12-24(13-10-17)16-21(26)23-18-5-7-19(8-6-18)27-4-2/h5-8,11,14,17H,3-4,9-10,12-13,15-16H2,1-2H3,(H,23,26). The Morgan fingerprint density at radius 2 is 1.96 bits per heavy atom. The fourth-order valence-corrected chi connectivity index (χ4v) is 3.63. The second kappa shape index (κ2) is 9.55. The predicted molar refractivity (Wildman–Crippen MR) is 107 cm³/mol. The van der Waals surface area contributed by atoms with Crippen LogP contribution in [0, 0.1) is 5.92 Å². The first-order valence-corrected chi connectivity index (χ1v) is 9.93. The molecular weight excluding hydrogens is 340 g/mol. The van der Waals surface area contributed by atoms with Gasteiger partial charge in [0.2, 0.25) is 5.91 Å². The monoisotopic (exact) mass is 370 g/mol. The molecule has 1 aliphatic rings. The van der Waals surface area contributed by atoms with Gasteiger partial charge in [0.15, 0.2) is 0 Å². The van der Waals surface area contributed by atoms with Gasteiger partial charge in [-0.15, -0.1) is 0 Å². The van der Waals surface area contributed by atoms with Crippen molar-refractivity contribution in [3.63, 3.8) is 0 Å². The van der Waals surface area contributed by atoms with E-state index in [0.717, 1.165) is 56.2 Å². The highest BCUT2D eigenvalue weighted by molar-refractivity contribution is 5.92. The van der Waals surface area contributed by atoms with E-state index in [-0.39, 0.29) is 5.91 Å². The summed E-state index contributed by atoms with van der Waals surface area (Å²) in [7, 11) is 0. The molecule has 0 spiro atoms. The number of carbonyl (C=O) groups is 1. The van der Waals surface area contributed by atoms with Crippen LogP contribution in [0.3, 0.4) is 0 Å². The largest absolute Gasteiger partial charge is 0.494 e. The highest BCUT2D eigenvalue weighted by Crippen LogP contribution is 2.20. The number of anilines is 1. The molecule has 1 N–H and O–H groups in total. The van der Waals surface area contributed by atoms with Crippen LogP contribution in [-0.4, -0.2) is 46.6 Å². The third-order valence-corrected chi connectivity index (χ3v) is 5.10. The minimum atomic E-state index is 0.0421. The van der Waals surface area contributed by atoms with E-state index in [1.165, 1.54) is 0 Å². The predicted octanol–water partition coefficient (Wildman–Crippen LogP) is 3.19. The zero-order valence-electron chi connectivity index (χ0n) is 16.4. The zero-order chi connectivity index (χ0) is 19.1. The number of rotatable bonds is 8. The van der Waals surface area contributed by atoms with Crippen molar-refractivity contribution in [2.75, 3.05) is 31.6 Å². The molecule has 0 radical (unpaired) electrons. The summed E-state index contributed by atoms with van der Waals surface area (Å²) in [4.78, 5) is 19.0. The molecule has 0 saturated carbocycles. The Hall–Kier alpha value is -2.34. The summed E-state index contributed by atoms with van der Waals surface area (Å²) < 4.78 is 7.70. The van der Waals surface area contributed by atoms with E-state index in [4.69, 9.17) is 4.74 Å². The fraction of sp³-hybridized carbons (Fsp3) is 0.524. The molecule has 2 heterocycles. The molecule has 6 heteroatoms. The maximum Gasteiger partial charge on any atom is 0.238 e. The number of piperidine rings is 1. The Bertz CT molecular complexity index is 718. The average molecular weight is 370 g/mol. The molecule has 1 saturated heterocycles. The molecule has 1 aliphatic heterocycles. The SMILES string of the molecule is CCOc1ccc(NC(=O)CN2CCC(Cn3ccnc3CC)CC2)cc1.